The first-order valence-corrected chi connectivity index (χ1v) is 6.85. The first-order valence-electron chi connectivity index (χ1n) is 6.85. The lowest BCUT2D eigenvalue weighted by atomic mass is 9.79. The van der Waals surface area contributed by atoms with Crippen LogP contribution in [-0.4, -0.2) is 6.54 Å². The third-order valence-corrected chi connectivity index (χ3v) is 3.71. The summed E-state index contributed by atoms with van der Waals surface area (Å²) in [6, 6.07) is 0. The Kier molecular flexibility index (Phi) is 9.84. The van der Waals surface area contributed by atoms with Gasteiger partial charge in [-0.15, -0.1) is 0 Å². The monoisotopic (exact) mass is 235 g/mol. The molecule has 1 aliphatic rings. The molecule has 0 bridgehead atoms. The smallest absolute Gasteiger partial charge is 0.00771 e. The van der Waals surface area contributed by atoms with Crippen molar-refractivity contribution >= 4 is 0 Å². The van der Waals surface area contributed by atoms with Gasteiger partial charge in [0.2, 0.25) is 0 Å². The van der Waals surface area contributed by atoms with Crippen molar-refractivity contribution in [3.63, 3.8) is 0 Å². The fourth-order valence-electron chi connectivity index (χ4n) is 2.54. The average Bonchev–Trinajstić information content (AvgIpc) is 2.84. The van der Waals surface area contributed by atoms with Gasteiger partial charge in [-0.25, -0.2) is 0 Å². The summed E-state index contributed by atoms with van der Waals surface area (Å²) in [5, 5.41) is 0. The van der Waals surface area contributed by atoms with Crippen LogP contribution < -0.4 is 5.73 Å². The third-order valence-electron chi connectivity index (χ3n) is 3.71. The van der Waals surface area contributed by atoms with Crippen LogP contribution in [0.2, 0.25) is 0 Å². The highest BCUT2D eigenvalue weighted by molar-refractivity contribution is 5.05. The molecular weight excluding hydrogens is 206 g/mol. The van der Waals surface area contributed by atoms with E-state index in [-0.39, 0.29) is 0 Å². The summed E-state index contributed by atoms with van der Waals surface area (Å²) in [6.45, 7) is 10.1. The van der Waals surface area contributed by atoms with Crippen LogP contribution in [0.5, 0.6) is 0 Å². The number of hydrogen-bond donors (Lipinski definition) is 1. The van der Waals surface area contributed by atoms with E-state index in [2.05, 4.69) is 20.1 Å². The Morgan fingerprint density at radius 3 is 2.00 bits per heavy atom. The molecule has 98 valence electrons. The SMILES string of the molecule is C=C/C=C\C=C.CCC1(CCCN)CCCC1. The van der Waals surface area contributed by atoms with Gasteiger partial charge >= 0.3 is 0 Å². The molecule has 0 radical (unpaired) electrons. The molecule has 0 saturated heterocycles. The second-order valence-corrected chi connectivity index (χ2v) is 4.81. The standard InChI is InChI=1S/C10H21N.C6H8/c1-2-10(8-5-9-11)6-3-4-7-10;1-3-5-6-4-2/h2-9,11H2,1H3;3-6H,1-2H2/b;6-5-. The van der Waals surface area contributed by atoms with Crippen molar-refractivity contribution in [3.05, 3.63) is 37.5 Å². The van der Waals surface area contributed by atoms with Crippen molar-refractivity contribution < 1.29 is 0 Å². The van der Waals surface area contributed by atoms with Gasteiger partial charge in [-0.2, -0.15) is 0 Å². The largest absolute Gasteiger partial charge is 0.330 e. The van der Waals surface area contributed by atoms with Gasteiger partial charge in [-0.1, -0.05) is 63.6 Å². The molecular formula is C16H29N. The van der Waals surface area contributed by atoms with E-state index >= 15 is 0 Å². The molecule has 1 nitrogen and oxygen atoms in total. The lowest BCUT2D eigenvalue weighted by molar-refractivity contribution is 0.255. The van der Waals surface area contributed by atoms with Gasteiger partial charge in [0.1, 0.15) is 0 Å². The van der Waals surface area contributed by atoms with Crippen LogP contribution >= 0.6 is 0 Å². The molecule has 0 aromatic carbocycles. The predicted molar refractivity (Wildman–Crippen MR) is 79.0 cm³/mol. The normalized spacial score (nSPS) is 17.5. The highest BCUT2D eigenvalue weighted by Gasteiger charge is 2.30. The van der Waals surface area contributed by atoms with Crippen LogP contribution in [0.15, 0.2) is 37.5 Å². The van der Waals surface area contributed by atoms with Crippen molar-refractivity contribution in [1.82, 2.24) is 0 Å². The van der Waals surface area contributed by atoms with E-state index in [1.165, 1.54) is 44.9 Å². The highest BCUT2D eigenvalue weighted by atomic mass is 14.5. The molecule has 17 heavy (non-hydrogen) atoms. The molecule has 0 unspecified atom stereocenters. The molecule has 0 aromatic heterocycles. The van der Waals surface area contributed by atoms with Crippen molar-refractivity contribution in [1.29, 1.82) is 0 Å². The van der Waals surface area contributed by atoms with Crippen LogP contribution in [0.1, 0.15) is 51.9 Å². The average molecular weight is 235 g/mol. The zero-order valence-corrected chi connectivity index (χ0v) is 11.5. The Labute approximate surface area is 107 Å². The third kappa shape index (κ3) is 7.17. The summed E-state index contributed by atoms with van der Waals surface area (Å²) < 4.78 is 0. The first-order chi connectivity index (χ1) is 8.24. The second kappa shape index (κ2) is 10.3. The minimum absolute atomic E-state index is 0.708. The molecule has 1 heteroatoms. The van der Waals surface area contributed by atoms with Gasteiger partial charge in [0.05, 0.1) is 0 Å². The molecule has 0 amide bonds. The van der Waals surface area contributed by atoms with Crippen molar-refractivity contribution in [2.75, 3.05) is 6.54 Å². The summed E-state index contributed by atoms with van der Waals surface area (Å²) in [7, 11) is 0. The Morgan fingerprint density at radius 1 is 1.12 bits per heavy atom. The fourth-order valence-corrected chi connectivity index (χ4v) is 2.54. The van der Waals surface area contributed by atoms with Crippen LogP contribution in [0, 0.1) is 5.41 Å². The number of rotatable bonds is 6. The lowest BCUT2D eigenvalue weighted by Crippen LogP contribution is -2.16. The maximum atomic E-state index is 5.52. The molecule has 0 aliphatic heterocycles. The zero-order valence-electron chi connectivity index (χ0n) is 11.5. The molecule has 2 N–H and O–H groups in total. The Morgan fingerprint density at radius 2 is 1.65 bits per heavy atom. The zero-order chi connectivity index (χ0) is 13.0. The maximum absolute atomic E-state index is 5.52. The van der Waals surface area contributed by atoms with Crippen LogP contribution in [0.25, 0.3) is 0 Å². The molecule has 0 heterocycles. The molecule has 0 spiro atoms. The van der Waals surface area contributed by atoms with Crippen LogP contribution in [-0.2, 0) is 0 Å². The maximum Gasteiger partial charge on any atom is -0.00771 e. The Hall–Kier alpha value is -0.820. The summed E-state index contributed by atoms with van der Waals surface area (Å²) in [4.78, 5) is 0. The van der Waals surface area contributed by atoms with E-state index in [0.29, 0.717) is 5.41 Å². The van der Waals surface area contributed by atoms with E-state index < -0.39 is 0 Å². The lowest BCUT2D eigenvalue weighted by Gasteiger charge is -2.26. The molecule has 1 saturated carbocycles. The summed E-state index contributed by atoms with van der Waals surface area (Å²) in [5.74, 6) is 0. The van der Waals surface area contributed by atoms with Crippen molar-refractivity contribution in [2.45, 2.75) is 51.9 Å². The molecule has 1 aliphatic carbocycles. The van der Waals surface area contributed by atoms with Gasteiger partial charge in [0, 0.05) is 0 Å². The van der Waals surface area contributed by atoms with Gasteiger partial charge in [-0.05, 0) is 37.6 Å². The Bertz CT molecular complexity index is 212. The number of allylic oxidation sites excluding steroid dienone is 4. The van der Waals surface area contributed by atoms with Crippen LogP contribution in [0.3, 0.4) is 0 Å². The van der Waals surface area contributed by atoms with E-state index in [0.717, 1.165) is 6.54 Å². The highest BCUT2D eigenvalue weighted by Crippen LogP contribution is 2.44. The Balaban J connectivity index is 0.000000366. The second-order valence-electron chi connectivity index (χ2n) is 4.81. The van der Waals surface area contributed by atoms with Gasteiger partial charge in [0.15, 0.2) is 0 Å². The summed E-state index contributed by atoms with van der Waals surface area (Å²) in [6.07, 6.45) is 16.9. The fraction of sp³-hybridized carbons (Fsp3) is 0.625. The van der Waals surface area contributed by atoms with Gasteiger partial charge in [-0.3, -0.25) is 0 Å². The van der Waals surface area contributed by atoms with Gasteiger partial charge in [0.25, 0.3) is 0 Å². The quantitative estimate of drug-likeness (QED) is 0.668. The van der Waals surface area contributed by atoms with E-state index in [1.54, 1.807) is 12.2 Å². The predicted octanol–water partition coefficient (Wildman–Crippen LogP) is 4.61. The molecule has 1 fully saturated rings. The molecule has 0 atom stereocenters. The van der Waals surface area contributed by atoms with E-state index in [1.807, 2.05) is 12.2 Å². The topological polar surface area (TPSA) is 26.0 Å². The minimum Gasteiger partial charge on any atom is -0.330 e. The van der Waals surface area contributed by atoms with Crippen LogP contribution in [0.4, 0.5) is 0 Å². The molecule has 1 rings (SSSR count). The van der Waals surface area contributed by atoms with Crippen molar-refractivity contribution in [2.24, 2.45) is 11.1 Å². The van der Waals surface area contributed by atoms with E-state index in [4.69, 9.17) is 5.73 Å². The number of hydrogen-bond acceptors (Lipinski definition) is 1. The number of nitrogens with two attached hydrogens (primary N) is 1. The van der Waals surface area contributed by atoms with E-state index in [9.17, 15) is 0 Å². The summed E-state index contributed by atoms with van der Waals surface area (Å²) >= 11 is 0. The summed E-state index contributed by atoms with van der Waals surface area (Å²) in [5.41, 5.74) is 6.23. The minimum atomic E-state index is 0.708. The van der Waals surface area contributed by atoms with Gasteiger partial charge < -0.3 is 5.73 Å². The van der Waals surface area contributed by atoms with Crippen molar-refractivity contribution in [3.8, 4) is 0 Å². The molecule has 0 aromatic rings. The first kappa shape index (κ1) is 16.2.